The highest BCUT2D eigenvalue weighted by Gasteiger charge is 2.34. The molecule has 116 valence electrons. The van der Waals surface area contributed by atoms with Crippen LogP contribution < -0.4 is 0 Å². The molecule has 1 N–H and O–H groups in total. The van der Waals surface area contributed by atoms with Gasteiger partial charge in [0.15, 0.2) is 9.84 Å². The summed E-state index contributed by atoms with van der Waals surface area (Å²) in [5.74, 6) is -0.719. The van der Waals surface area contributed by atoms with Crippen LogP contribution in [0.15, 0.2) is 29.2 Å². The van der Waals surface area contributed by atoms with E-state index in [-0.39, 0.29) is 24.3 Å². The lowest BCUT2D eigenvalue weighted by molar-refractivity contribution is -0.138. The fraction of sp³-hybridized carbons (Fsp3) is 0.533. The molecule has 5 nitrogen and oxygen atoms in total. The van der Waals surface area contributed by atoms with E-state index in [4.69, 9.17) is 5.11 Å². The summed E-state index contributed by atoms with van der Waals surface area (Å²) in [4.78, 5) is 13.4. The molecule has 1 aliphatic heterocycles. The van der Waals surface area contributed by atoms with E-state index in [1.807, 2.05) is 26.0 Å². The van der Waals surface area contributed by atoms with Crippen LogP contribution in [0.3, 0.4) is 0 Å². The SMILES string of the molecule is CCN(C(C)CC(=O)O)C1CCS(=O)(=O)c2ccccc21. The number of carboxylic acid groups (broad SMARTS) is 1. The number of hydrogen-bond donors (Lipinski definition) is 1. The van der Waals surface area contributed by atoms with Crippen molar-refractivity contribution < 1.29 is 18.3 Å². The van der Waals surface area contributed by atoms with Gasteiger partial charge in [-0.15, -0.1) is 0 Å². The molecule has 2 unspecified atom stereocenters. The van der Waals surface area contributed by atoms with E-state index in [0.717, 1.165) is 5.56 Å². The second kappa shape index (κ2) is 6.15. The maximum Gasteiger partial charge on any atom is 0.304 e. The van der Waals surface area contributed by atoms with Gasteiger partial charge in [0.05, 0.1) is 17.1 Å². The number of hydrogen-bond acceptors (Lipinski definition) is 4. The Labute approximate surface area is 125 Å². The minimum absolute atomic E-state index is 0.0379. The molecule has 1 heterocycles. The van der Waals surface area contributed by atoms with Crippen LogP contribution in [0.25, 0.3) is 0 Å². The van der Waals surface area contributed by atoms with Crippen molar-refractivity contribution in [1.82, 2.24) is 4.90 Å². The zero-order valence-corrected chi connectivity index (χ0v) is 13.1. The highest BCUT2D eigenvalue weighted by Crippen LogP contribution is 2.37. The van der Waals surface area contributed by atoms with Gasteiger partial charge in [-0.3, -0.25) is 9.69 Å². The number of fused-ring (bicyclic) bond motifs is 1. The van der Waals surface area contributed by atoms with Gasteiger partial charge in [-0.05, 0) is 31.5 Å². The Hall–Kier alpha value is -1.40. The Morgan fingerprint density at radius 1 is 1.43 bits per heavy atom. The van der Waals surface area contributed by atoms with Crippen LogP contribution in [-0.2, 0) is 14.6 Å². The highest BCUT2D eigenvalue weighted by molar-refractivity contribution is 7.91. The van der Waals surface area contributed by atoms with Gasteiger partial charge in [0, 0.05) is 12.1 Å². The number of aliphatic carboxylic acids is 1. The summed E-state index contributed by atoms with van der Waals surface area (Å²) in [6.07, 6.45) is 0.566. The van der Waals surface area contributed by atoms with Crippen LogP contribution in [0, 0.1) is 0 Å². The van der Waals surface area contributed by atoms with Crippen molar-refractivity contribution >= 4 is 15.8 Å². The van der Waals surface area contributed by atoms with E-state index in [0.29, 0.717) is 17.9 Å². The lowest BCUT2D eigenvalue weighted by atomic mass is 9.99. The molecule has 1 aliphatic rings. The van der Waals surface area contributed by atoms with Gasteiger partial charge in [-0.2, -0.15) is 0 Å². The van der Waals surface area contributed by atoms with E-state index < -0.39 is 15.8 Å². The zero-order chi connectivity index (χ0) is 15.6. The van der Waals surface area contributed by atoms with Crippen LogP contribution in [0.5, 0.6) is 0 Å². The van der Waals surface area contributed by atoms with E-state index in [9.17, 15) is 13.2 Å². The van der Waals surface area contributed by atoms with Gasteiger partial charge in [0.1, 0.15) is 0 Å². The summed E-state index contributed by atoms with van der Waals surface area (Å²) in [5.41, 5.74) is 0.794. The van der Waals surface area contributed by atoms with E-state index in [2.05, 4.69) is 4.90 Å². The van der Waals surface area contributed by atoms with Crippen molar-refractivity contribution in [1.29, 1.82) is 0 Å². The first-order valence-electron chi connectivity index (χ1n) is 7.16. The molecular formula is C15H21NO4S. The highest BCUT2D eigenvalue weighted by atomic mass is 32.2. The molecule has 0 saturated heterocycles. The van der Waals surface area contributed by atoms with Gasteiger partial charge in [-0.1, -0.05) is 25.1 Å². The summed E-state index contributed by atoms with van der Waals surface area (Å²) in [6.45, 7) is 4.54. The third-order valence-corrected chi connectivity index (χ3v) is 5.89. The molecule has 0 aliphatic carbocycles. The number of rotatable bonds is 5. The topological polar surface area (TPSA) is 74.7 Å². The summed E-state index contributed by atoms with van der Waals surface area (Å²) in [7, 11) is -3.21. The smallest absolute Gasteiger partial charge is 0.304 e. The third kappa shape index (κ3) is 3.27. The largest absolute Gasteiger partial charge is 0.481 e. The lowest BCUT2D eigenvalue weighted by Crippen LogP contribution is -2.40. The zero-order valence-electron chi connectivity index (χ0n) is 12.3. The van der Waals surface area contributed by atoms with Crippen LogP contribution in [0.1, 0.15) is 38.3 Å². The monoisotopic (exact) mass is 311 g/mol. The molecule has 0 aromatic heterocycles. The predicted molar refractivity (Wildman–Crippen MR) is 79.9 cm³/mol. The Morgan fingerprint density at radius 2 is 2.10 bits per heavy atom. The molecule has 0 radical (unpaired) electrons. The van der Waals surface area contributed by atoms with Crippen molar-refractivity contribution in [3.63, 3.8) is 0 Å². The first-order chi connectivity index (χ1) is 9.86. The third-order valence-electron chi connectivity index (χ3n) is 4.07. The standard InChI is InChI=1S/C15H21NO4S/c1-3-16(11(2)10-15(17)18)13-8-9-21(19,20)14-7-5-4-6-12(13)14/h4-7,11,13H,3,8-10H2,1-2H3,(H,17,18). The van der Waals surface area contributed by atoms with Gasteiger partial charge < -0.3 is 5.11 Å². The molecular weight excluding hydrogens is 290 g/mol. The molecule has 21 heavy (non-hydrogen) atoms. The summed E-state index contributed by atoms with van der Waals surface area (Å²) in [5, 5.41) is 8.98. The number of sulfone groups is 1. The first kappa shape index (κ1) is 16.0. The number of carbonyl (C=O) groups is 1. The molecule has 0 fully saturated rings. The van der Waals surface area contributed by atoms with Crippen LogP contribution in [0.2, 0.25) is 0 Å². The predicted octanol–water partition coefficient (Wildman–Crippen LogP) is 2.09. The number of nitrogens with zero attached hydrogens (tertiary/aromatic N) is 1. The summed E-state index contributed by atoms with van der Waals surface area (Å²) in [6, 6.07) is 6.88. The fourth-order valence-corrected chi connectivity index (χ4v) is 4.73. The number of benzene rings is 1. The normalized spacial score (nSPS) is 21.8. The molecule has 1 aromatic carbocycles. The lowest BCUT2D eigenvalue weighted by Gasteiger charge is -2.38. The summed E-state index contributed by atoms with van der Waals surface area (Å²) >= 11 is 0. The van der Waals surface area contributed by atoms with Crippen molar-refractivity contribution in [2.24, 2.45) is 0 Å². The molecule has 2 atom stereocenters. The number of carboxylic acids is 1. The second-order valence-electron chi connectivity index (χ2n) is 5.44. The van der Waals surface area contributed by atoms with Crippen molar-refractivity contribution in [2.45, 2.75) is 43.7 Å². The van der Waals surface area contributed by atoms with Crippen molar-refractivity contribution in [3.8, 4) is 0 Å². The van der Waals surface area contributed by atoms with Gasteiger partial charge >= 0.3 is 5.97 Å². The van der Waals surface area contributed by atoms with Crippen LogP contribution in [0.4, 0.5) is 0 Å². The molecule has 6 heteroatoms. The fourth-order valence-electron chi connectivity index (χ4n) is 3.12. The van der Waals surface area contributed by atoms with Gasteiger partial charge in [0.25, 0.3) is 0 Å². The molecule has 0 bridgehead atoms. The van der Waals surface area contributed by atoms with E-state index >= 15 is 0 Å². The first-order valence-corrected chi connectivity index (χ1v) is 8.81. The Balaban J connectivity index is 2.38. The second-order valence-corrected chi connectivity index (χ2v) is 7.52. The van der Waals surface area contributed by atoms with Gasteiger partial charge in [0.2, 0.25) is 0 Å². The Bertz CT molecular complexity index is 626. The van der Waals surface area contributed by atoms with Crippen LogP contribution >= 0.6 is 0 Å². The maximum absolute atomic E-state index is 12.2. The Kier molecular flexibility index (Phi) is 4.68. The summed E-state index contributed by atoms with van der Waals surface area (Å²) < 4.78 is 24.3. The van der Waals surface area contributed by atoms with Crippen molar-refractivity contribution in [3.05, 3.63) is 29.8 Å². The molecule has 0 saturated carbocycles. The van der Waals surface area contributed by atoms with Gasteiger partial charge in [-0.25, -0.2) is 8.42 Å². The molecule has 0 amide bonds. The van der Waals surface area contributed by atoms with E-state index in [1.54, 1.807) is 12.1 Å². The van der Waals surface area contributed by atoms with E-state index in [1.165, 1.54) is 0 Å². The molecule has 0 spiro atoms. The minimum Gasteiger partial charge on any atom is -0.481 e. The average Bonchev–Trinajstić information content (AvgIpc) is 2.41. The minimum atomic E-state index is -3.21. The average molecular weight is 311 g/mol. The Morgan fingerprint density at radius 3 is 2.71 bits per heavy atom. The van der Waals surface area contributed by atoms with Crippen molar-refractivity contribution in [2.75, 3.05) is 12.3 Å². The quantitative estimate of drug-likeness (QED) is 0.901. The van der Waals surface area contributed by atoms with Crippen LogP contribution in [-0.4, -0.2) is 42.7 Å². The molecule has 2 rings (SSSR count). The molecule has 1 aromatic rings. The maximum atomic E-state index is 12.2.